The normalized spacial score (nSPS) is 21.6. The molecule has 0 aromatic heterocycles. The number of ether oxygens (including phenoxy) is 1. The van der Waals surface area contributed by atoms with Crippen molar-refractivity contribution in [3.63, 3.8) is 0 Å². The first-order chi connectivity index (χ1) is 9.65. The fourth-order valence-corrected chi connectivity index (χ4v) is 2.79. The summed E-state index contributed by atoms with van der Waals surface area (Å²) in [7, 11) is 0. The van der Waals surface area contributed by atoms with Crippen molar-refractivity contribution in [2.24, 2.45) is 11.7 Å². The maximum Gasteiger partial charge on any atom is 0.254 e. The van der Waals surface area contributed by atoms with Gasteiger partial charge in [-0.25, -0.2) is 0 Å². The van der Waals surface area contributed by atoms with Gasteiger partial charge in [0.05, 0.1) is 6.61 Å². The second-order valence-corrected chi connectivity index (χ2v) is 5.48. The van der Waals surface area contributed by atoms with Gasteiger partial charge in [0.2, 0.25) is 0 Å². The van der Waals surface area contributed by atoms with Gasteiger partial charge in [-0.15, -0.1) is 12.4 Å². The summed E-state index contributed by atoms with van der Waals surface area (Å²) in [5, 5.41) is 0. The summed E-state index contributed by atoms with van der Waals surface area (Å²) in [4.78, 5) is 14.6. The number of benzene rings is 1. The molecule has 0 aliphatic carbocycles. The van der Waals surface area contributed by atoms with E-state index in [0.29, 0.717) is 24.6 Å². The molecule has 0 saturated carbocycles. The number of nitrogens with two attached hydrogens (primary N) is 1. The highest BCUT2D eigenvalue weighted by Gasteiger charge is 2.29. The Morgan fingerprint density at radius 1 is 1.48 bits per heavy atom. The van der Waals surface area contributed by atoms with Crippen LogP contribution in [-0.2, 0) is 0 Å². The lowest BCUT2D eigenvalue weighted by Crippen LogP contribution is -2.49. The Kier molecular flexibility index (Phi) is 6.99. The molecular formula is C16H25ClN2O2. The van der Waals surface area contributed by atoms with Crippen molar-refractivity contribution in [2.45, 2.75) is 32.7 Å². The van der Waals surface area contributed by atoms with Crippen molar-refractivity contribution in [3.05, 3.63) is 29.8 Å². The van der Waals surface area contributed by atoms with Crippen molar-refractivity contribution in [1.82, 2.24) is 4.90 Å². The summed E-state index contributed by atoms with van der Waals surface area (Å²) in [6.07, 6.45) is 2.04. The van der Waals surface area contributed by atoms with Crippen molar-refractivity contribution >= 4 is 18.3 Å². The highest BCUT2D eigenvalue weighted by molar-refractivity contribution is 5.94. The zero-order chi connectivity index (χ0) is 14.5. The topological polar surface area (TPSA) is 55.6 Å². The number of piperidine rings is 1. The number of hydrogen-bond acceptors (Lipinski definition) is 3. The third kappa shape index (κ3) is 4.35. The van der Waals surface area contributed by atoms with Crippen molar-refractivity contribution in [2.75, 3.05) is 19.7 Å². The summed E-state index contributed by atoms with van der Waals surface area (Å²) in [6, 6.07) is 7.55. The first kappa shape index (κ1) is 17.8. The van der Waals surface area contributed by atoms with Crippen LogP contribution in [0.4, 0.5) is 0 Å². The molecule has 1 amide bonds. The van der Waals surface area contributed by atoms with Gasteiger partial charge in [-0.2, -0.15) is 0 Å². The minimum atomic E-state index is 0. The molecule has 0 radical (unpaired) electrons. The average Bonchev–Trinajstić information content (AvgIpc) is 2.47. The molecule has 5 heteroatoms. The standard InChI is InChI=1S/C16H24N2O2.ClH/c1-3-20-15-6-4-5-13(10-15)16(19)18-8-7-12(2)9-14(18)11-17;/h4-6,10,12,14H,3,7-9,11,17H2,1-2H3;1H. The molecule has 1 aliphatic rings. The minimum Gasteiger partial charge on any atom is -0.494 e. The van der Waals surface area contributed by atoms with Gasteiger partial charge in [0, 0.05) is 24.7 Å². The molecule has 0 spiro atoms. The fourth-order valence-electron chi connectivity index (χ4n) is 2.79. The van der Waals surface area contributed by atoms with Crippen molar-refractivity contribution < 1.29 is 9.53 Å². The van der Waals surface area contributed by atoms with E-state index in [1.54, 1.807) is 0 Å². The number of rotatable bonds is 4. The molecule has 118 valence electrons. The van der Waals surface area contributed by atoms with Gasteiger partial charge in [-0.3, -0.25) is 4.79 Å². The van der Waals surface area contributed by atoms with E-state index in [2.05, 4.69) is 6.92 Å². The Bertz CT molecular complexity index is 467. The summed E-state index contributed by atoms with van der Waals surface area (Å²) < 4.78 is 5.46. The van der Waals surface area contributed by atoms with E-state index in [1.165, 1.54) is 0 Å². The van der Waals surface area contributed by atoms with Gasteiger partial charge < -0.3 is 15.4 Å². The predicted octanol–water partition coefficient (Wildman–Crippen LogP) is 2.71. The van der Waals surface area contributed by atoms with E-state index in [-0.39, 0.29) is 24.4 Å². The Hall–Kier alpha value is -1.26. The molecule has 2 rings (SSSR count). The first-order valence-corrected chi connectivity index (χ1v) is 7.39. The number of hydrogen-bond donors (Lipinski definition) is 1. The molecule has 1 aromatic carbocycles. The molecule has 1 fully saturated rings. The third-order valence-corrected chi connectivity index (χ3v) is 3.90. The van der Waals surface area contributed by atoms with E-state index in [0.717, 1.165) is 25.1 Å². The van der Waals surface area contributed by atoms with Gasteiger partial charge in [0.15, 0.2) is 0 Å². The molecular weight excluding hydrogens is 288 g/mol. The smallest absolute Gasteiger partial charge is 0.254 e. The maximum atomic E-state index is 12.6. The lowest BCUT2D eigenvalue weighted by atomic mass is 9.92. The largest absolute Gasteiger partial charge is 0.494 e. The minimum absolute atomic E-state index is 0. The second kappa shape index (κ2) is 8.25. The molecule has 1 saturated heterocycles. The summed E-state index contributed by atoms with van der Waals surface area (Å²) in [6.45, 7) is 6.08. The van der Waals surface area contributed by atoms with Crippen molar-refractivity contribution in [3.8, 4) is 5.75 Å². The number of amides is 1. The molecule has 4 nitrogen and oxygen atoms in total. The summed E-state index contributed by atoms with van der Waals surface area (Å²) in [5.74, 6) is 1.45. The molecule has 1 heterocycles. The molecule has 1 aliphatic heterocycles. The Morgan fingerprint density at radius 2 is 2.24 bits per heavy atom. The molecule has 2 unspecified atom stereocenters. The fraction of sp³-hybridized carbons (Fsp3) is 0.562. The Morgan fingerprint density at radius 3 is 2.90 bits per heavy atom. The third-order valence-electron chi connectivity index (χ3n) is 3.90. The van der Waals surface area contributed by atoms with Crippen LogP contribution in [0.1, 0.15) is 37.0 Å². The van der Waals surface area contributed by atoms with Crippen LogP contribution in [0.2, 0.25) is 0 Å². The molecule has 2 N–H and O–H groups in total. The van der Waals surface area contributed by atoms with Crippen LogP contribution in [0.15, 0.2) is 24.3 Å². The lowest BCUT2D eigenvalue weighted by Gasteiger charge is -2.38. The molecule has 1 aromatic rings. The monoisotopic (exact) mass is 312 g/mol. The van der Waals surface area contributed by atoms with Crippen LogP contribution in [0, 0.1) is 5.92 Å². The maximum absolute atomic E-state index is 12.6. The van der Waals surface area contributed by atoms with Crippen LogP contribution in [0.3, 0.4) is 0 Å². The zero-order valence-corrected chi connectivity index (χ0v) is 13.6. The number of halogens is 1. The highest BCUT2D eigenvalue weighted by Crippen LogP contribution is 2.24. The van der Waals surface area contributed by atoms with E-state index >= 15 is 0 Å². The zero-order valence-electron chi connectivity index (χ0n) is 12.7. The van der Waals surface area contributed by atoms with Crippen molar-refractivity contribution in [1.29, 1.82) is 0 Å². The van der Waals surface area contributed by atoms with Crippen LogP contribution >= 0.6 is 12.4 Å². The SMILES string of the molecule is CCOc1cccc(C(=O)N2CCC(C)CC2CN)c1.Cl. The second-order valence-electron chi connectivity index (χ2n) is 5.48. The van der Waals surface area contributed by atoms with Crippen LogP contribution in [-0.4, -0.2) is 36.5 Å². The molecule has 21 heavy (non-hydrogen) atoms. The summed E-state index contributed by atoms with van der Waals surface area (Å²) in [5.41, 5.74) is 6.51. The lowest BCUT2D eigenvalue weighted by molar-refractivity contribution is 0.0573. The quantitative estimate of drug-likeness (QED) is 0.930. The number of carbonyl (C=O) groups excluding carboxylic acids is 1. The van der Waals surface area contributed by atoms with Gasteiger partial charge in [-0.05, 0) is 43.9 Å². The van der Waals surface area contributed by atoms with Crippen LogP contribution < -0.4 is 10.5 Å². The van der Waals surface area contributed by atoms with E-state index < -0.39 is 0 Å². The van der Waals surface area contributed by atoms with E-state index in [4.69, 9.17) is 10.5 Å². The van der Waals surface area contributed by atoms with Gasteiger partial charge in [0.25, 0.3) is 5.91 Å². The highest BCUT2D eigenvalue weighted by atomic mass is 35.5. The predicted molar refractivity (Wildman–Crippen MR) is 87.1 cm³/mol. The summed E-state index contributed by atoms with van der Waals surface area (Å²) >= 11 is 0. The van der Waals surface area contributed by atoms with E-state index in [1.807, 2.05) is 36.1 Å². The van der Waals surface area contributed by atoms with Gasteiger partial charge in [-0.1, -0.05) is 13.0 Å². The van der Waals surface area contributed by atoms with Crippen LogP contribution in [0.5, 0.6) is 5.75 Å². The Balaban J connectivity index is 0.00000220. The average molecular weight is 313 g/mol. The molecule has 0 bridgehead atoms. The Labute approximate surface area is 133 Å². The van der Waals surface area contributed by atoms with Gasteiger partial charge >= 0.3 is 0 Å². The first-order valence-electron chi connectivity index (χ1n) is 7.39. The number of carbonyl (C=O) groups is 1. The molecule has 2 atom stereocenters. The number of likely N-dealkylation sites (tertiary alicyclic amines) is 1. The van der Waals surface area contributed by atoms with Gasteiger partial charge in [0.1, 0.15) is 5.75 Å². The number of nitrogens with zero attached hydrogens (tertiary/aromatic N) is 1. The van der Waals surface area contributed by atoms with Crippen LogP contribution in [0.25, 0.3) is 0 Å². The van der Waals surface area contributed by atoms with E-state index in [9.17, 15) is 4.79 Å².